The average Bonchev–Trinajstić information content (AvgIpc) is 3.21. The maximum atomic E-state index is 13.5. The highest BCUT2D eigenvalue weighted by atomic mass is 35.5. The van der Waals surface area contributed by atoms with E-state index in [9.17, 15) is 30.8 Å². The van der Waals surface area contributed by atoms with Gasteiger partial charge in [0.05, 0.1) is 16.3 Å². The molecule has 7 nitrogen and oxygen atoms in total. The van der Waals surface area contributed by atoms with Gasteiger partial charge in [0, 0.05) is 12.2 Å². The zero-order valence-corrected chi connectivity index (χ0v) is 17.2. The fourth-order valence-corrected chi connectivity index (χ4v) is 5.01. The second kappa shape index (κ2) is 7.99. The molecule has 164 valence electrons. The number of amides is 1. The van der Waals surface area contributed by atoms with Crippen LogP contribution in [0.4, 0.5) is 23.2 Å². The van der Waals surface area contributed by atoms with Crippen molar-refractivity contribution in [2.75, 3.05) is 5.32 Å². The van der Waals surface area contributed by atoms with Crippen LogP contribution in [0, 0.1) is 17.1 Å². The first-order valence-electron chi connectivity index (χ1n) is 8.55. The van der Waals surface area contributed by atoms with Gasteiger partial charge < -0.3 is 9.88 Å². The van der Waals surface area contributed by atoms with Gasteiger partial charge in [0.15, 0.2) is 0 Å². The molecule has 0 bridgehead atoms. The molecule has 2 N–H and O–H groups in total. The molecule has 0 radical (unpaired) electrons. The third-order valence-corrected chi connectivity index (χ3v) is 6.51. The summed E-state index contributed by atoms with van der Waals surface area (Å²) in [5.74, 6) is -1.69. The van der Waals surface area contributed by atoms with Gasteiger partial charge in [-0.05, 0) is 31.2 Å². The normalized spacial score (nSPS) is 14.2. The highest BCUT2D eigenvalue weighted by molar-refractivity contribution is 7.89. The Bertz CT molecular complexity index is 1250. The van der Waals surface area contributed by atoms with E-state index in [2.05, 4.69) is 5.32 Å². The maximum absolute atomic E-state index is 13.5. The van der Waals surface area contributed by atoms with Gasteiger partial charge in [-0.15, -0.1) is 0 Å². The second-order valence-electron chi connectivity index (χ2n) is 6.54. The molecule has 1 aromatic heterocycles. The lowest BCUT2D eigenvalue weighted by Gasteiger charge is -2.17. The van der Waals surface area contributed by atoms with Crippen molar-refractivity contribution in [3.05, 3.63) is 52.1 Å². The van der Waals surface area contributed by atoms with E-state index in [1.807, 2.05) is 0 Å². The Kier molecular flexibility index (Phi) is 5.88. The summed E-state index contributed by atoms with van der Waals surface area (Å²) in [7, 11) is -4.75. The van der Waals surface area contributed by atoms with Gasteiger partial charge in [-0.1, -0.05) is 17.7 Å². The molecule has 31 heavy (non-hydrogen) atoms. The molecule has 0 spiro atoms. The van der Waals surface area contributed by atoms with E-state index in [1.54, 1.807) is 6.07 Å². The Labute approximate surface area is 179 Å². The molecule has 2 heterocycles. The molecule has 1 aliphatic heterocycles. The summed E-state index contributed by atoms with van der Waals surface area (Å²) in [5.41, 5.74) is -0.674. The monoisotopic (exact) mass is 476 g/mol. The van der Waals surface area contributed by atoms with Crippen LogP contribution in [0.3, 0.4) is 0 Å². The third-order valence-electron chi connectivity index (χ3n) is 4.42. The minimum absolute atomic E-state index is 0.0359. The largest absolute Gasteiger partial charge is 0.404 e. The summed E-state index contributed by atoms with van der Waals surface area (Å²) in [6, 6.07) is 2.42. The minimum Gasteiger partial charge on any atom is -0.331 e. The number of halogens is 5. The number of hydrogen-bond acceptors (Lipinski definition) is 4. The van der Waals surface area contributed by atoms with Crippen molar-refractivity contribution in [3.8, 4) is 6.07 Å². The minimum atomic E-state index is -4.83. The number of alkyl halides is 3. The number of carbonyl (C=O) groups is 1. The van der Waals surface area contributed by atoms with E-state index >= 15 is 0 Å². The molecule has 0 saturated carbocycles. The summed E-state index contributed by atoms with van der Waals surface area (Å²) in [4.78, 5) is 12.1. The molecule has 1 aromatic carbocycles. The molecule has 1 amide bonds. The summed E-state index contributed by atoms with van der Waals surface area (Å²) in [6.07, 6.45) is -2.01. The molecule has 0 unspecified atom stereocenters. The standard InChI is InChI=1S/C18H13ClF4N4O3S/c1-9(18(21,22)23)26-31(29,30)16-13-3-2-6-27(13)15(14(16)19)17(28)25-11-4-5-12(20)10(7-11)8-24/h2-5,7,9,26H,6H2,1H3,(H,25,28)/t9-/m1/s1. The van der Waals surface area contributed by atoms with Crippen LogP contribution < -0.4 is 10.0 Å². The summed E-state index contributed by atoms with van der Waals surface area (Å²) in [5, 5.41) is 10.7. The molecule has 2 aromatic rings. The van der Waals surface area contributed by atoms with Gasteiger partial charge in [0.1, 0.15) is 28.5 Å². The Morgan fingerprint density at radius 1 is 1.35 bits per heavy atom. The number of aromatic nitrogens is 1. The average molecular weight is 477 g/mol. The number of anilines is 1. The number of sulfonamides is 1. The number of rotatable bonds is 5. The molecule has 0 aliphatic carbocycles. The predicted octanol–water partition coefficient (Wildman–Crippen LogP) is 3.66. The van der Waals surface area contributed by atoms with Crippen molar-refractivity contribution >= 4 is 39.3 Å². The predicted molar refractivity (Wildman–Crippen MR) is 103 cm³/mol. The van der Waals surface area contributed by atoms with E-state index in [0.717, 1.165) is 12.1 Å². The van der Waals surface area contributed by atoms with Crippen LogP contribution in [0.2, 0.25) is 5.02 Å². The van der Waals surface area contributed by atoms with Crippen LogP contribution in [0.25, 0.3) is 6.08 Å². The van der Waals surface area contributed by atoms with Gasteiger partial charge in [-0.25, -0.2) is 12.8 Å². The highest BCUT2D eigenvalue weighted by Crippen LogP contribution is 2.36. The number of fused-ring (bicyclic) bond motifs is 1. The lowest BCUT2D eigenvalue weighted by atomic mass is 10.2. The number of allylic oxidation sites excluding steroid dienone is 1. The molecule has 1 atom stereocenters. The van der Waals surface area contributed by atoms with Crippen molar-refractivity contribution in [1.82, 2.24) is 9.29 Å². The Hall–Kier alpha value is -2.88. The lowest BCUT2D eigenvalue weighted by Crippen LogP contribution is -2.43. The van der Waals surface area contributed by atoms with Crippen molar-refractivity contribution < 1.29 is 30.8 Å². The van der Waals surface area contributed by atoms with E-state index in [-0.39, 0.29) is 29.2 Å². The number of carbonyl (C=O) groups excluding carboxylic acids is 1. The zero-order valence-electron chi connectivity index (χ0n) is 15.6. The molecule has 13 heteroatoms. The summed E-state index contributed by atoms with van der Waals surface area (Å²) >= 11 is 6.15. The number of nitriles is 1. The van der Waals surface area contributed by atoms with Gasteiger partial charge in [-0.3, -0.25) is 4.79 Å². The SMILES string of the molecule is C[C@@H](NS(=O)(=O)c1c(Cl)c(C(=O)Nc2ccc(F)c(C#N)c2)n2c1C=CC2)C(F)(F)F. The van der Waals surface area contributed by atoms with E-state index in [1.165, 1.54) is 27.5 Å². The summed E-state index contributed by atoms with van der Waals surface area (Å²) < 4.78 is 80.0. The fourth-order valence-electron chi connectivity index (χ4n) is 2.92. The van der Waals surface area contributed by atoms with Gasteiger partial charge in [-0.2, -0.15) is 23.2 Å². The van der Waals surface area contributed by atoms with Crippen LogP contribution in [-0.2, 0) is 16.6 Å². The van der Waals surface area contributed by atoms with Crippen LogP contribution in [0.1, 0.15) is 28.7 Å². The fraction of sp³-hybridized carbons (Fsp3) is 0.222. The summed E-state index contributed by atoms with van der Waals surface area (Å²) in [6.45, 7) is 0.682. The number of nitrogens with zero attached hydrogens (tertiary/aromatic N) is 2. The van der Waals surface area contributed by atoms with Gasteiger partial charge >= 0.3 is 6.18 Å². The highest BCUT2D eigenvalue weighted by Gasteiger charge is 2.41. The van der Waals surface area contributed by atoms with E-state index < -0.39 is 43.9 Å². The number of nitrogens with one attached hydrogen (secondary N) is 2. The van der Waals surface area contributed by atoms with E-state index in [0.29, 0.717) is 6.92 Å². The van der Waals surface area contributed by atoms with Crippen molar-refractivity contribution in [2.24, 2.45) is 0 Å². The molecular weight excluding hydrogens is 464 g/mol. The first-order valence-corrected chi connectivity index (χ1v) is 10.4. The van der Waals surface area contributed by atoms with Crippen molar-refractivity contribution in [1.29, 1.82) is 5.26 Å². The molecule has 1 aliphatic rings. The van der Waals surface area contributed by atoms with Crippen molar-refractivity contribution in [2.45, 2.75) is 30.6 Å². The van der Waals surface area contributed by atoms with Gasteiger partial charge in [0.25, 0.3) is 5.91 Å². The lowest BCUT2D eigenvalue weighted by molar-refractivity contribution is -0.147. The third kappa shape index (κ3) is 4.30. The first kappa shape index (κ1) is 22.8. The van der Waals surface area contributed by atoms with Crippen molar-refractivity contribution in [3.63, 3.8) is 0 Å². The molecular formula is C18H13ClF4N4O3S. The smallest absolute Gasteiger partial charge is 0.331 e. The molecule has 0 saturated heterocycles. The molecule has 3 rings (SSSR count). The molecule has 0 fully saturated rings. The van der Waals surface area contributed by atoms with Gasteiger partial charge in [0.2, 0.25) is 10.0 Å². The Morgan fingerprint density at radius 3 is 2.65 bits per heavy atom. The Balaban J connectivity index is 2.01. The maximum Gasteiger partial charge on any atom is 0.404 e. The number of benzene rings is 1. The van der Waals surface area contributed by atoms with Crippen LogP contribution in [0.15, 0.2) is 29.2 Å². The quantitative estimate of drug-likeness (QED) is 0.643. The van der Waals surface area contributed by atoms with Crippen LogP contribution >= 0.6 is 11.6 Å². The topological polar surface area (TPSA) is 104 Å². The Morgan fingerprint density at radius 2 is 2.03 bits per heavy atom. The van der Waals surface area contributed by atoms with E-state index in [4.69, 9.17) is 16.9 Å². The van der Waals surface area contributed by atoms with Crippen LogP contribution in [0.5, 0.6) is 0 Å². The van der Waals surface area contributed by atoms with Crippen LogP contribution in [-0.4, -0.2) is 31.1 Å². The zero-order chi connectivity index (χ0) is 23.1. The number of hydrogen-bond donors (Lipinski definition) is 2. The first-order chi connectivity index (χ1) is 14.4. The second-order valence-corrected chi connectivity index (χ2v) is 8.56.